The zero-order valence-electron chi connectivity index (χ0n) is 18.8. The van der Waals surface area contributed by atoms with Crippen LogP contribution in [0, 0.1) is 17.5 Å². The van der Waals surface area contributed by atoms with Gasteiger partial charge < -0.3 is 4.57 Å². The van der Waals surface area contributed by atoms with Crippen LogP contribution in [0.4, 0.5) is 13.2 Å². The topological polar surface area (TPSA) is 30.7 Å². The van der Waals surface area contributed by atoms with Crippen molar-refractivity contribution in [3.8, 4) is 44.3 Å². The van der Waals surface area contributed by atoms with Crippen LogP contribution in [-0.4, -0.2) is 14.5 Å². The lowest BCUT2D eigenvalue weighted by molar-refractivity contribution is 0.510. The summed E-state index contributed by atoms with van der Waals surface area (Å²) in [6.07, 6.45) is 3.57. The molecule has 3 nitrogen and oxygen atoms in total. The van der Waals surface area contributed by atoms with E-state index in [2.05, 4.69) is 16.0 Å². The van der Waals surface area contributed by atoms with Crippen LogP contribution >= 0.6 is 11.3 Å². The Morgan fingerprint density at radius 2 is 1.53 bits per heavy atom. The highest BCUT2D eigenvalue weighted by Crippen LogP contribution is 2.30. The second-order valence-corrected chi connectivity index (χ2v) is 9.35. The summed E-state index contributed by atoms with van der Waals surface area (Å²) in [6.45, 7) is 0.418. The summed E-state index contributed by atoms with van der Waals surface area (Å²) in [5.74, 6) is -2.09. The molecule has 0 bridgehead atoms. The molecule has 0 fully saturated rings. The van der Waals surface area contributed by atoms with Gasteiger partial charge in [0.1, 0.15) is 11.5 Å². The Morgan fingerprint density at radius 1 is 0.722 bits per heavy atom. The molecule has 6 rings (SSSR count). The molecule has 0 atom stereocenters. The molecule has 176 valence electrons. The minimum Gasteiger partial charge on any atom is -0.348 e. The van der Waals surface area contributed by atoms with Crippen molar-refractivity contribution in [1.29, 1.82) is 0 Å². The van der Waals surface area contributed by atoms with Gasteiger partial charge in [0.2, 0.25) is 0 Å². The molecular formula is C29H18F3N3S. The molecule has 7 heteroatoms. The minimum atomic E-state index is -0.975. The molecule has 0 unspecified atom stereocenters. The number of rotatable bonds is 5. The molecule has 4 aromatic rings. The fourth-order valence-electron chi connectivity index (χ4n) is 4.21. The summed E-state index contributed by atoms with van der Waals surface area (Å²) in [5, 5.41) is 2.03. The predicted octanol–water partition coefficient (Wildman–Crippen LogP) is 7.91. The lowest BCUT2D eigenvalue weighted by atomic mass is 10.0. The molecule has 36 heavy (non-hydrogen) atoms. The summed E-state index contributed by atoms with van der Waals surface area (Å²) in [6, 6.07) is 22.8. The summed E-state index contributed by atoms with van der Waals surface area (Å²) in [5.41, 5.74) is 4.37. The van der Waals surface area contributed by atoms with Crippen LogP contribution in [0.2, 0.25) is 0 Å². The highest BCUT2D eigenvalue weighted by atomic mass is 32.1. The van der Waals surface area contributed by atoms with Gasteiger partial charge in [-0.3, -0.25) is 0 Å². The Labute approximate surface area is 209 Å². The molecule has 0 aliphatic carbocycles. The summed E-state index contributed by atoms with van der Waals surface area (Å²) in [4.78, 5) is 9.87. The van der Waals surface area contributed by atoms with Gasteiger partial charge in [-0.2, -0.15) is 0 Å². The molecule has 3 heterocycles. The van der Waals surface area contributed by atoms with Gasteiger partial charge in [0, 0.05) is 29.4 Å². The van der Waals surface area contributed by atoms with Crippen LogP contribution in [0.1, 0.15) is 5.56 Å². The van der Waals surface area contributed by atoms with E-state index in [9.17, 15) is 8.78 Å². The number of thiophene rings is 1. The first kappa shape index (κ1) is 22.2. The molecule has 1 aromatic heterocycles. The van der Waals surface area contributed by atoms with Crippen LogP contribution in [0.5, 0.6) is 0 Å². The number of imidazole rings is 1. The fraction of sp³-hybridized carbons (Fsp3) is 0.0345. The van der Waals surface area contributed by atoms with Crippen LogP contribution in [0.25, 0.3) is 44.3 Å². The normalized spacial score (nSPS) is 11.3. The minimum absolute atomic E-state index is 0.0128. The summed E-state index contributed by atoms with van der Waals surface area (Å²) < 4.78 is 44.7. The Hall–Kier alpha value is -4.23. The second-order valence-electron chi connectivity index (χ2n) is 8.41. The maximum Gasteiger partial charge on any atom is 0.169 e. The van der Waals surface area contributed by atoms with Crippen molar-refractivity contribution in [3.63, 3.8) is 0 Å². The van der Waals surface area contributed by atoms with Crippen molar-refractivity contribution < 1.29 is 13.2 Å². The van der Waals surface area contributed by atoms with E-state index in [1.807, 2.05) is 46.3 Å². The van der Waals surface area contributed by atoms with Crippen molar-refractivity contribution in [1.82, 2.24) is 14.5 Å². The van der Waals surface area contributed by atoms with Gasteiger partial charge in [-0.05, 0) is 52.4 Å². The summed E-state index contributed by atoms with van der Waals surface area (Å²) >= 11 is 1.67. The Morgan fingerprint density at radius 3 is 2.31 bits per heavy atom. The maximum absolute atomic E-state index is 15.0. The van der Waals surface area contributed by atoms with Gasteiger partial charge in [-0.15, -0.1) is 11.3 Å². The van der Waals surface area contributed by atoms with Crippen LogP contribution in [0.15, 0.2) is 96.6 Å². The molecule has 0 spiro atoms. The average molecular weight is 498 g/mol. The number of aromatic nitrogens is 3. The number of benzene rings is 3. The molecule has 0 saturated heterocycles. The Bertz CT molecular complexity index is 1640. The standard InChI is InChI=1S/C29H18F3N3S/c30-23-4-1-3-22(28(23)32)29-33-25-12-13-35(17-26(25)34-29)16-18-6-11-21(24(31)15-18)19-7-9-20(10-8-19)27-5-2-14-36-27/h1-15,17H,16H2. The monoisotopic (exact) mass is 497 g/mol. The highest BCUT2D eigenvalue weighted by Gasteiger charge is 2.17. The van der Waals surface area contributed by atoms with Gasteiger partial charge in [0.25, 0.3) is 0 Å². The molecular weight excluding hydrogens is 479 g/mol. The van der Waals surface area contributed by atoms with Gasteiger partial charge >= 0.3 is 0 Å². The van der Waals surface area contributed by atoms with Gasteiger partial charge in [-0.25, -0.2) is 23.1 Å². The van der Waals surface area contributed by atoms with Crippen molar-refractivity contribution in [3.05, 3.63) is 120 Å². The third-order valence-electron chi connectivity index (χ3n) is 6.02. The molecule has 2 aliphatic rings. The smallest absolute Gasteiger partial charge is 0.169 e. The third kappa shape index (κ3) is 4.18. The Kier molecular flexibility index (Phi) is 5.62. The molecule has 0 N–H and O–H groups in total. The van der Waals surface area contributed by atoms with E-state index < -0.39 is 11.6 Å². The van der Waals surface area contributed by atoms with E-state index in [0.717, 1.165) is 22.8 Å². The molecule has 0 amide bonds. The Balaban J connectivity index is 1.24. The van der Waals surface area contributed by atoms with Gasteiger partial charge in [0.05, 0.1) is 11.3 Å². The largest absolute Gasteiger partial charge is 0.348 e. The number of hydrogen-bond donors (Lipinski definition) is 0. The lowest BCUT2D eigenvalue weighted by Gasteiger charge is -2.10. The van der Waals surface area contributed by atoms with Crippen molar-refractivity contribution in [2.24, 2.45) is 0 Å². The van der Waals surface area contributed by atoms with E-state index in [4.69, 9.17) is 0 Å². The number of fused-ring (bicyclic) bond motifs is 1. The first-order valence-electron chi connectivity index (χ1n) is 11.3. The lowest BCUT2D eigenvalue weighted by Crippen LogP contribution is -2.01. The zero-order valence-corrected chi connectivity index (χ0v) is 19.6. The van der Waals surface area contributed by atoms with E-state index in [1.54, 1.807) is 35.9 Å². The highest BCUT2D eigenvalue weighted by molar-refractivity contribution is 7.13. The number of hydrogen-bond acceptors (Lipinski definition) is 3. The van der Waals surface area contributed by atoms with Crippen LogP contribution < -0.4 is 0 Å². The molecule has 0 saturated carbocycles. The van der Waals surface area contributed by atoms with Gasteiger partial charge in [0.15, 0.2) is 17.5 Å². The third-order valence-corrected chi connectivity index (χ3v) is 6.94. The van der Waals surface area contributed by atoms with E-state index in [1.165, 1.54) is 23.1 Å². The maximum atomic E-state index is 15.0. The molecule has 0 radical (unpaired) electrons. The molecule has 3 aromatic carbocycles. The number of nitrogens with zero attached hydrogens (tertiary/aromatic N) is 3. The summed E-state index contributed by atoms with van der Waals surface area (Å²) in [7, 11) is 0. The van der Waals surface area contributed by atoms with Crippen molar-refractivity contribution in [2.45, 2.75) is 6.54 Å². The number of halogens is 3. The SMILES string of the molecule is Fc1cc(Cn2ccc3nc(-c4cccc(F)c4F)nc-3c2)ccc1-c1ccc(-c2cccs2)cc1. The van der Waals surface area contributed by atoms with Crippen LogP contribution in [-0.2, 0) is 6.54 Å². The molecule has 2 aliphatic heterocycles. The van der Waals surface area contributed by atoms with E-state index in [0.29, 0.717) is 23.5 Å². The zero-order chi connectivity index (χ0) is 24.6. The first-order valence-corrected chi connectivity index (χ1v) is 12.1. The first-order chi connectivity index (χ1) is 17.5. The van der Waals surface area contributed by atoms with Crippen LogP contribution in [0.3, 0.4) is 0 Å². The second kappa shape index (κ2) is 9.09. The predicted molar refractivity (Wildman–Crippen MR) is 136 cm³/mol. The quantitative estimate of drug-likeness (QED) is 0.242. The number of pyridine rings is 1. The van der Waals surface area contributed by atoms with Gasteiger partial charge in [-0.1, -0.05) is 48.5 Å². The average Bonchev–Trinajstić information content (AvgIpc) is 3.56. The van der Waals surface area contributed by atoms with Crippen molar-refractivity contribution in [2.75, 3.05) is 0 Å². The van der Waals surface area contributed by atoms with E-state index >= 15 is 4.39 Å². The fourth-order valence-corrected chi connectivity index (χ4v) is 4.94. The van der Waals surface area contributed by atoms with E-state index in [-0.39, 0.29) is 17.2 Å². The van der Waals surface area contributed by atoms with Crippen molar-refractivity contribution >= 4 is 11.3 Å².